The van der Waals surface area contributed by atoms with E-state index < -0.39 is 17.1 Å². The van der Waals surface area contributed by atoms with Gasteiger partial charge in [0.05, 0.1) is 5.71 Å². The van der Waals surface area contributed by atoms with E-state index in [1.54, 1.807) is 44.6 Å². The molecule has 0 aliphatic carbocycles. The minimum absolute atomic E-state index is 0.170. The van der Waals surface area contributed by atoms with E-state index in [1.807, 2.05) is 48.5 Å². The van der Waals surface area contributed by atoms with Crippen molar-refractivity contribution in [3.8, 4) is 5.75 Å². The van der Waals surface area contributed by atoms with Crippen molar-refractivity contribution in [1.82, 2.24) is 9.97 Å². The molecule has 1 aromatic carbocycles. The van der Waals surface area contributed by atoms with Crippen LogP contribution in [0.4, 0.5) is 5.82 Å². The standard InChI is InChI=1S/C27H32Cl2N4O4.2C4H10.C2H6O.2C2H6/c1-15(2)23(30)22-24(31-14-16(3)11-19(29)12-17(4)28)32-21(33-25(22)34)13-18-7-9-20(10-8-18)37-27(5,6)26(35)36;2*1-3-4-2;1-3-2;2*1-2/h7-12,15,30H,4,13-14H2,1-3,5-6H3,(H,35,36)(H2,31,32,33,34);2*3-4H2,1-2H3;1-2H3;2*1-2H3/b16-11-,19-12+,30-23?;;;;;. The van der Waals surface area contributed by atoms with Gasteiger partial charge in [-0.1, -0.05) is 142 Å². The molecular weight excluding hydrogens is 699 g/mol. The van der Waals surface area contributed by atoms with E-state index in [1.165, 1.54) is 45.6 Å². The van der Waals surface area contributed by atoms with Gasteiger partial charge in [0.1, 0.15) is 23.0 Å². The predicted molar refractivity (Wildman–Crippen MR) is 226 cm³/mol. The third kappa shape index (κ3) is 26.4. The number of rotatable bonds is 14. The highest BCUT2D eigenvalue weighted by molar-refractivity contribution is 6.35. The second-order valence-corrected chi connectivity index (χ2v) is 12.7. The Hall–Kier alpha value is -3.40. The Kier molecular flexibility index (Phi) is 35.6. The molecule has 2 rings (SSSR count). The molecule has 0 fully saturated rings. The molecule has 52 heavy (non-hydrogen) atoms. The predicted octanol–water partition coefficient (Wildman–Crippen LogP) is 11.8. The number of carbonyl (C=O) groups is 1. The van der Waals surface area contributed by atoms with Gasteiger partial charge in [-0.2, -0.15) is 0 Å². The van der Waals surface area contributed by atoms with Gasteiger partial charge in [-0.05, 0) is 56.5 Å². The quantitative estimate of drug-likeness (QED) is 0.111. The van der Waals surface area contributed by atoms with E-state index in [0.29, 0.717) is 40.4 Å². The number of allylic oxidation sites excluding steroid dienone is 4. The highest BCUT2D eigenvalue weighted by Gasteiger charge is 2.29. The minimum atomic E-state index is -1.36. The first-order valence-electron chi connectivity index (χ1n) is 18.2. The molecule has 0 saturated carbocycles. The number of aliphatic carboxylic acids is 1. The Morgan fingerprint density at radius 2 is 1.46 bits per heavy atom. The average Bonchev–Trinajstić information content (AvgIpc) is 3.09. The number of hydrogen-bond acceptors (Lipinski definition) is 7. The number of aromatic nitrogens is 2. The number of nitrogens with one attached hydrogen (secondary N) is 3. The maximum Gasteiger partial charge on any atom is 0.347 e. The number of ether oxygens (including phenoxy) is 2. The van der Waals surface area contributed by atoms with Gasteiger partial charge in [0, 0.05) is 37.2 Å². The van der Waals surface area contributed by atoms with Crippen molar-refractivity contribution in [2.75, 3.05) is 26.1 Å². The van der Waals surface area contributed by atoms with Gasteiger partial charge in [-0.3, -0.25) is 4.79 Å². The van der Waals surface area contributed by atoms with Crippen LogP contribution in [0, 0.1) is 11.3 Å². The summed E-state index contributed by atoms with van der Waals surface area (Å²) < 4.78 is 9.79. The molecule has 298 valence electrons. The van der Waals surface area contributed by atoms with E-state index in [9.17, 15) is 14.7 Å². The fourth-order valence-electron chi connectivity index (χ4n) is 3.18. The van der Waals surface area contributed by atoms with Crippen molar-refractivity contribution < 1.29 is 19.4 Å². The molecule has 0 saturated heterocycles. The fourth-order valence-corrected chi connectivity index (χ4v) is 3.67. The molecule has 0 radical (unpaired) electrons. The van der Waals surface area contributed by atoms with Gasteiger partial charge in [0.15, 0.2) is 5.60 Å². The van der Waals surface area contributed by atoms with E-state index >= 15 is 0 Å². The van der Waals surface area contributed by atoms with Crippen LogP contribution in [-0.4, -0.2) is 53.1 Å². The molecule has 2 aromatic rings. The summed E-state index contributed by atoms with van der Waals surface area (Å²) in [6.45, 7) is 29.1. The van der Waals surface area contributed by atoms with Gasteiger partial charge in [0.25, 0.3) is 5.56 Å². The number of carboxylic acid groups (broad SMARTS) is 1. The van der Waals surface area contributed by atoms with Gasteiger partial charge < -0.3 is 30.3 Å². The summed E-state index contributed by atoms with van der Waals surface area (Å²) in [4.78, 5) is 31.7. The first-order chi connectivity index (χ1) is 24.4. The summed E-state index contributed by atoms with van der Waals surface area (Å²) >= 11 is 11.9. The number of hydrogen-bond donors (Lipinski definition) is 4. The molecule has 4 N–H and O–H groups in total. The lowest BCUT2D eigenvalue weighted by atomic mass is 10.0. The third-order valence-electron chi connectivity index (χ3n) is 6.21. The van der Waals surface area contributed by atoms with Crippen molar-refractivity contribution in [2.24, 2.45) is 5.92 Å². The van der Waals surface area contributed by atoms with E-state index in [2.05, 4.69) is 54.3 Å². The Balaban J connectivity index is -0.000000657. The lowest BCUT2D eigenvalue weighted by molar-refractivity contribution is -0.152. The van der Waals surface area contributed by atoms with Crippen LogP contribution in [0.2, 0.25) is 0 Å². The van der Waals surface area contributed by atoms with Gasteiger partial charge in [-0.15, -0.1) is 0 Å². The molecule has 0 bridgehead atoms. The molecule has 0 spiro atoms. The third-order valence-corrected chi connectivity index (χ3v) is 6.54. The Labute approximate surface area is 325 Å². The van der Waals surface area contributed by atoms with Crippen LogP contribution in [0.3, 0.4) is 0 Å². The summed E-state index contributed by atoms with van der Waals surface area (Å²) in [5.41, 5.74) is 0.258. The van der Waals surface area contributed by atoms with Gasteiger partial charge in [0.2, 0.25) is 0 Å². The lowest BCUT2D eigenvalue weighted by Crippen LogP contribution is -2.37. The summed E-state index contributed by atoms with van der Waals surface area (Å²) in [5, 5.41) is 21.6. The largest absolute Gasteiger partial charge is 0.478 e. The maximum absolute atomic E-state index is 13.0. The normalized spacial score (nSPS) is 10.6. The van der Waals surface area contributed by atoms with Crippen molar-refractivity contribution in [2.45, 2.75) is 128 Å². The highest BCUT2D eigenvalue weighted by Crippen LogP contribution is 2.21. The van der Waals surface area contributed by atoms with Crippen LogP contribution in [0.15, 0.2) is 63.4 Å². The minimum Gasteiger partial charge on any atom is -0.478 e. The number of halogens is 2. The summed E-state index contributed by atoms with van der Waals surface area (Å²) in [7, 11) is 3.25. The summed E-state index contributed by atoms with van der Waals surface area (Å²) in [6.07, 6.45) is 8.83. The Morgan fingerprint density at radius 1 is 1.00 bits per heavy atom. The van der Waals surface area contributed by atoms with Crippen LogP contribution in [0.25, 0.3) is 0 Å². The first-order valence-corrected chi connectivity index (χ1v) is 19.0. The average molecular weight is 770 g/mol. The SMILES string of the molecule is C=C(Cl)/C=C(Cl)\C=C(\C)CNc1nc(Cc2ccc(OC(C)(C)C(=O)O)cc2)[nH]c(=O)c1C(=N)C(C)C.CC.CC.CCCC.CCCC.COC. The van der Waals surface area contributed by atoms with E-state index in [0.717, 1.165) is 11.1 Å². The van der Waals surface area contributed by atoms with Crippen LogP contribution >= 0.6 is 23.2 Å². The first kappa shape index (κ1) is 55.4. The molecule has 11 heteroatoms. The number of methoxy groups -OCH3 is 1. The summed E-state index contributed by atoms with van der Waals surface area (Å²) in [5.74, 6) is -0.132. The Morgan fingerprint density at radius 3 is 1.85 bits per heavy atom. The van der Waals surface area contributed by atoms with Crippen LogP contribution in [0.5, 0.6) is 5.75 Å². The molecule has 0 atom stereocenters. The van der Waals surface area contributed by atoms with Crippen LogP contribution < -0.4 is 15.6 Å². The molecule has 1 heterocycles. The van der Waals surface area contributed by atoms with Crippen molar-refractivity contribution in [1.29, 1.82) is 5.41 Å². The monoisotopic (exact) mass is 768 g/mol. The smallest absolute Gasteiger partial charge is 0.347 e. The zero-order chi connectivity index (χ0) is 41.4. The zero-order valence-corrected chi connectivity index (χ0v) is 36.3. The lowest BCUT2D eigenvalue weighted by Gasteiger charge is -2.21. The van der Waals surface area contributed by atoms with E-state index in [4.69, 9.17) is 33.3 Å². The molecule has 1 aromatic heterocycles. The van der Waals surface area contributed by atoms with Crippen molar-refractivity contribution >= 4 is 40.7 Å². The second-order valence-electron chi connectivity index (χ2n) is 11.8. The topological polar surface area (TPSA) is 137 Å². The van der Waals surface area contributed by atoms with Crippen molar-refractivity contribution in [3.05, 3.63) is 85.9 Å². The molecular formula is C41H70Cl2N4O5. The second kappa shape index (κ2) is 33.4. The molecule has 9 nitrogen and oxygen atoms in total. The van der Waals surface area contributed by atoms with E-state index in [-0.39, 0.29) is 17.2 Å². The number of H-pyrrole nitrogens is 1. The molecule has 0 unspecified atom stereocenters. The number of benzene rings is 1. The number of unbranched alkanes of at least 4 members (excludes halogenated alkanes) is 2. The number of nitrogens with zero attached hydrogens (tertiary/aromatic N) is 1. The van der Waals surface area contributed by atoms with Crippen LogP contribution in [0.1, 0.15) is 133 Å². The summed E-state index contributed by atoms with van der Waals surface area (Å²) in [6, 6.07) is 6.88. The number of carboxylic acids is 1. The van der Waals surface area contributed by atoms with Gasteiger partial charge in [-0.25, -0.2) is 9.78 Å². The molecule has 0 aliphatic heterocycles. The Bertz CT molecular complexity index is 1370. The van der Waals surface area contributed by atoms with Crippen molar-refractivity contribution in [3.63, 3.8) is 0 Å². The molecule has 0 aliphatic rings. The molecule has 0 amide bonds. The highest BCUT2D eigenvalue weighted by atomic mass is 35.5. The van der Waals surface area contributed by atoms with Crippen LogP contribution in [-0.2, 0) is 16.0 Å². The number of anilines is 1. The number of aromatic amines is 1. The van der Waals surface area contributed by atoms with Gasteiger partial charge >= 0.3 is 5.97 Å². The zero-order valence-electron chi connectivity index (χ0n) is 34.8. The maximum atomic E-state index is 13.0. The fraction of sp³-hybridized carbons (Fsp3) is 0.561.